The standard InChI is InChI=1S/C24H28ClF3N4O3/c1-2-18(24(26,27)28)22-29-20(21(25)32(22)6-5-13-3-4-13)23(35)30-7-8-31(19(34)11-30)14-9-15-16(10-14)17(15)12-33/h2,5-6,13-17,33H,3-4,7-12H2,1H3/b6-5+,18-2+. The van der Waals surface area contributed by atoms with E-state index in [2.05, 4.69) is 4.98 Å². The number of amides is 2. The number of carbonyl (C=O) groups is 2. The molecule has 0 radical (unpaired) electrons. The van der Waals surface area contributed by atoms with Gasteiger partial charge in [-0.2, -0.15) is 13.2 Å². The molecule has 7 nitrogen and oxygen atoms in total. The third kappa shape index (κ3) is 4.50. The topological polar surface area (TPSA) is 78.7 Å². The molecular weight excluding hydrogens is 485 g/mol. The van der Waals surface area contributed by atoms with Crippen molar-refractivity contribution in [1.82, 2.24) is 19.4 Å². The summed E-state index contributed by atoms with van der Waals surface area (Å²) in [4.78, 5) is 33.3. The Kier molecular flexibility index (Phi) is 6.24. The molecule has 1 N–H and O–H groups in total. The molecule has 3 saturated carbocycles. The number of alkyl halides is 3. The summed E-state index contributed by atoms with van der Waals surface area (Å²) in [6.45, 7) is 1.89. The lowest BCUT2D eigenvalue weighted by Crippen LogP contribution is -2.55. The number of hydrogen-bond donors (Lipinski definition) is 1. The van der Waals surface area contributed by atoms with Gasteiger partial charge in [0.25, 0.3) is 5.91 Å². The minimum atomic E-state index is -4.67. The first-order valence-corrected chi connectivity index (χ1v) is 12.4. The van der Waals surface area contributed by atoms with Crippen LogP contribution in [0.15, 0.2) is 12.2 Å². The van der Waals surface area contributed by atoms with E-state index >= 15 is 0 Å². The lowest BCUT2D eigenvalue weighted by atomic mass is 10.0. The molecule has 1 aromatic rings. The number of aromatic nitrogens is 2. The lowest BCUT2D eigenvalue weighted by Gasteiger charge is -2.38. The Hall–Kier alpha value is -2.33. The van der Waals surface area contributed by atoms with Crippen LogP contribution in [0.2, 0.25) is 5.15 Å². The lowest BCUT2D eigenvalue weighted by molar-refractivity contribution is -0.137. The Morgan fingerprint density at radius 3 is 2.46 bits per heavy atom. The minimum Gasteiger partial charge on any atom is -0.396 e. The molecule has 4 fully saturated rings. The number of allylic oxidation sites excluding steroid dienone is 3. The number of nitrogens with zero attached hydrogens (tertiary/aromatic N) is 4. The van der Waals surface area contributed by atoms with Crippen molar-refractivity contribution < 1.29 is 27.9 Å². The van der Waals surface area contributed by atoms with Crippen LogP contribution in [0, 0.1) is 23.7 Å². The van der Waals surface area contributed by atoms with Crippen LogP contribution in [0.5, 0.6) is 0 Å². The Balaban J connectivity index is 1.34. The number of aliphatic hydroxyl groups is 1. The average molecular weight is 513 g/mol. The summed E-state index contributed by atoms with van der Waals surface area (Å²) in [6.07, 6.45) is 3.09. The third-order valence-corrected chi connectivity index (χ3v) is 8.17. The van der Waals surface area contributed by atoms with E-state index in [1.165, 1.54) is 18.0 Å². The molecule has 2 unspecified atom stereocenters. The highest BCUT2D eigenvalue weighted by Crippen LogP contribution is 2.58. The molecule has 35 heavy (non-hydrogen) atoms. The van der Waals surface area contributed by atoms with Crippen LogP contribution in [-0.4, -0.2) is 74.7 Å². The molecule has 2 heterocycles. The van der Waals surface area contributed by atoms with E-state index in [9.17, 15) is 27.9 Å². The first-order chi connectivity index (χ1) is 16.6. The molecule has 0 spiro atoms. The average Bonchev–Trinajstić information content (AvgIpc) is 3.68. The van der Waals surface area contributed by atoms with E-state index in [0.29, 0.717) is 24.3 Å². The van der Waals surface area contributed by atoms with Crippen molar-refractivity contribution in [3.05, 3.63) is 28.8 Å². The molecule has 5 rings (SSSR count). The van der Waals surface area contributed by atoms with Crippen LogP contribution in [0.3, 0.4) is 0 Å². The summed E-state index contributed by atoms with van der Waals surface area (Å²) in [7, 11) is 0. The van der Waals surface area contributed by atoms with Gasteiger partial charge in [-0.15, -0.1) is 0 Å². The molecule has 4 aliphatic rings. The van der Waals surface area contributed by atoms with Crippen LogP contribution >= 0.6 is 11.6 Å². The quantitative estimate of drug-likeness (QED) is 0.630. The van der Waals surface area contributed by atoms with E-state index in [-0.39, 0.29) is 48.4 Å². The van der Waals surface area contributed by atoms with Crippen molar-refractivity contribution in [2.45, 2.75) is 44.8 Å². The van der Waals surface area contributed by atoms with E-state index in [4.69, 9.17) is 11.6 Å². The number of piperazine rings is 1. The highest BCUT2D eigenvalue weighted by molar-refractivity contribution is 6.33. The largest absolute Gasteiger partial charge is 0.419 e. The van der Waals surface area contributed by atoms with Crippen molar-refractivity contribution in [1.29, 1.82) is 0 Å². The van der Waals surface area contributed by atoms with E-state index in [1.54, 1.807) is 11.0 Å². The SMILES string of the molecule is C/C=C(\c1nc(C(=O)N2CCN(C3CC4C(CO)C4C3)C(=O)C2)c(Cl)n1/C=C/C1CC1)C(F)(F)F. The monoisotopic (exact) mass is 512 g/mol. The summed E-state index contributed by atoms with van der Waals surface area (Å²) in [5.41, 5.74) is -1.28. The van der Waals surface area contributed by atoms with Crippen molar-refractivity contribution >= 4 is 35.2 Å². The van der Waals surface area contributed by atoms with Gasteiger partial charge in [-0.1, -0.05) is 23.8 Å². The molecule has 190 valence electrons. The van der Waals surface area contributed by atoms with Crippen LogP contribution in [-0.2, 0) is 4.79 Å². The molecule has 0 bridgehead atoms. The molecule has 3 aliphatic carbocycles. The smallest absolute Gasteiger partial charge is 0.396 e. The third-order valence-electron chi connectivity index (χ3n) is 7.81. The van der Waals surface area contributed by atoms with Crippen LogP contribution < -0.4 is 0 Å². The number of rotatable bonds is 6. The van der Waals surface area contributed by atoms with Gasteiger partial charge in [-0.05, 0) is 56.3 Å². The number of fused-ring (bicyclic) bond motifs is 1. The number of hydrogen-bond acceptors (Lipinski definition) is 4. The fourth-order valence-electron chi connectivity index (χ4n) is 5.66. The van der Waals surface area contributed by atoms with Crippen molar-refractivity contribution in [3.63, 3.8) is 0 Å². The maximum Gasteiger partial charge on any atom is 0.419 e. The molecule has 0 aromatic carbocycles. The van der Waals surface area contributed by atoms with Crippen LogP contribution in [0.4, 0.5) is 13.2 Å². The van der Waals surface area contributed by atoms with Crippen LogP contribution in [0.25, 0.3) is 11.8 Å². The molecule has 1 aromatic heterocycles. The van der Waals surface area contributed by atoms with Gasteiger partial charge in [0.1, 0.15) is 11.7 Å². The predicted octanol–water partition coefficient (Wildman–Crippen LogP) is 3.68. The van der Waals surface area contributed by atoms with Gasteiger partial charge < -0.3 is 14.9 Å². The van der Waals surface area contributed by atoms with E-state index in [1.807, 2.05) is 0 Å². The Bertz CT molecular complexity index is 1080. The molecule has 1 saturated heterocycles. The summed E-state index contributed by atoms with van der Waals surface area (Å²) in [6, 6.07) is 0.114. The molecule has 11 heteroatoms. The highest BCUT2D eigenvalue weighted by Gasteiger charge is 2.57. The van der Waals surface area contributed by atoms with E-state index in [0.717, 1.165) is 36.3 Å². The second-order valence-electron chi connectivity index (χ2n) is 9.94. The van der Waals surface area contributed by atoms with Crippen molar-refractivity contribution in [2.75, 3.05) is 26.2 Å². The van der Waals surface area contributed by atoms with Crippen LogP contribution in [0.1, 0.15) is 48.9 Å². The number of carbonyl (C=O) groups excluding carboxylic acids is 2. The summed E-state index contributed by atoms with van der Waals surface area (Å²) in [5.74, 6) is 0.275. The normalized spacial score (nSPS) is 29.3. The second-order valence-corrected chi connectivity index (χ2v) is 10.3. The number of aliphatic hydroxyl groups excluding tert-OH is 1. The van der Waals surface area contributed by atoms with Gasteiger partial charge in [0, 0.05) is 31.9 Å². The first-order valence-electron chi connectivity index (χ1n) is 12.0. The molecular formula is C24H28ClF3N4O3. The Morgan fingerprint density at radius 2 is 1.91 bits per heavy atom. The first kappa shape index (κ1) is 24.4. The summed E-state index contributed by atoms with van der Waals surface area (Å²) in [5, 5.41) is 9.15. The van der Waals surface area contributed by atoms with Gasteiger partial charge in [-0.25, -0.2) is 4.98 Å². The summed E-state index contributed by atoms with van der Waals surface area (Å²) < 4.78 is 42.1. The van der Waals surface area contributed by atoms with Gasteiger partial charge in [0.05, 0.1) is 5.57 Å². The fraction of sp³-hybridized carbons (Fsp3) is 0.625. The molecule has 2 amide bonds. The zero-order chi connectivity index (χ0) is 25.1. The van der Waals surface area contributed by atoms with Gasteiger partial charge in [0.2, 0.25) is 5.91 Å². The second kappa shape index (κ2) is 8.96. The Morgan fingerprint density at radius 1 is 1.23 bits per heavy atom. The van der Waals surface area contributed by atoms with Gasteiger partial charge >= 0.3 is 6.18 Å². The maximum absolute atomic E-state index is 13.7. The minimum absolute atomic E-state index is 0.114. The Labute approximate surface area is 206 Å². The fourth-order valence-corrected chi connectivity index (χ4v) is 5.92. The predicted molar refractivity (Wildman–Crippen MR) is 123 cm³/mol. The number of imidazole rings is 1. The van der Waals surface area contributed by atoms with Gasteiger partial charge in [-0.3, -0.25) is 14.2 Å². The zero-order valence-corrected chi connectivity index (χ0v) is 20.1. The highest BCUT2D eigenvalue weighted by atomic mass is 35.5. The zero-order valence-electron chi connectivity index (χ0n) is 19.3. The maximum atomic E-state index is 13.7. The molecule has 1 aliphatic heterocycles. The van der Waals surface area contributed by atoms with E-state index < -0.39 is 23.5 Å². The molecule has 2 atom stereocenters. The van der Waals surface area contributed by atoms with Crippen molar-refractivity contribution in [3.8, 4) is 0 Å². The van der Waals surface area contributed by atoms with Crippen molar-refractivity contribution in [2.24, 2.45) is 23.7 Å². The van der Waals surface area contributed by atoms with Gasteiger partial charge in [0.15, 0.2) is 11.5 Å². The number of halogens is 4. The summed E-state index contributed by atoms with van der Waals surface area (Å²) >= 11 is 6.41.